The van der Waals surface area contributed by atoms with E-state index < -0.39 is 14.6 Å². The van der Waals surface area contributed by atoms with E-state index in [1.807, 2.05) is 32.1 Å². The summed E-state index contributed by atoms with van der Waals surface area (Å²) in [7, 11) is -3.59. The molecule has 1 aliphatic heterocycles. The van der Waals surface area contributed by atoms with E-state index in [2.05, 4.69) is 18.5 Å². The van der Waals surface area contributed by atoms with Gasteiger partial charge in [0.1, 0.15) is 4.75 Å². The van der Waals surface area contributed by atoms with Gasteiger partial charge in [0.2, 0.25) is 0 Å². The summed E-state index contributed by atoms with van der Waals surface area (Å²) >= 11 is 0. The normalized spacial score (nSPS) is 24.3. The summed E-state index contributed by atoms with van der Waals surface area (Å²) in [6, 6.07) is 0. The van der Waals surface area contributed by atoms with Crippen molar-refractivity contribution in [2.75, 3.05) is 13.1 Å². The molecular weight excluding hydrogens is 306 g/mol. The van der Waals surface area contributed by atoms with Gasteiger partial charge >= 0.3 is 0 Å². The van der Waals surface area contributed by atoms with Crippen LogP contribution in [-0.4, -0.2) is 26.3 Å². The van der Waals surface area contributed by atoms with E-state index in [0.717, 1.165) is 18.5 Å². The second kappa shape index (κ2) is 8.85. The van der Waals surface area contributed by atoms with Gasteiger partial charge in [-0.25, -0.2) is 8.42 Å². The third-order valence-electron chi connectivity index (χ3n) is 4.04. The smallest absolute Gasteiger partial charge is 0.189 e. The van der Waals surface area contributed by atoms with Crippen LogP contribution < -0.4 is 5.32 Å². The highest BCUT2D eigenvalue weighted by Gasteiger charge is 2.47. The summed E-state index contributed by atoms with van der Waals surface area (Å²) in [5.41, 5.74) is 0.719. The van der Waals surface area contributed by atoms with Gasteiger partial charge in [0, 0.05) is 6.54 Å². The Morgan fingerprint density at radius 1 is 1.09 bits per heavy atom. The molecular formula is C19H27NO2S. The molecule has 1 heterocycles. The molecule has 23 heavy (non-hydrogen) atoms. The van der Waals surface area contributed by atoms with E-state index in [-0.39, 0.29) is 4.91 Å². The van der Waals surface area contributed by atoms with Gasteiger partial charge in [-0.2, -0.15) is 0 Å². The van der Waals surface area contributed by atoms with Crippen LogP contribution in [0.2, 0.25) is 0 Å². The van der Waals surface area contributed by atoms with Crippen molar-refractivity contribution in [2.24, 2.45) is 0 Å². The minimum absolute atomic E-state index is 0.243. The van der Waals surface area contributed by atoms with Crippen molar-refractivity contribution in [1.29, 1.82) is 0 Å². The average molecular weight is 333 g/mol. The van der Waals surface area contributed by atoms with Gasteiger partial charge in [-0.05, 0) is 44.9 Å². The number of nitrogens with one attached hydrogen (secondary N) is 1. The third kappa shape index (κ3) is 4.01. The fraction of sp³-hybridized carbons (Fsp3) is 0.368. The van der Waals surface area contributed by atoms with E-state index in [9.17, 15) is 8.42 Å². The Balaban J connectivity index is 3.57. The standard InChI is InChI=1S/C19H27NO2S/c1-5-9-12-17(7-3)19(14-11-15-20-16-19)23(21,22)18(8-4)13-10-6-2/h5-10,12-13,20H,3-4,11,14-16H2,1-2H3/b9-5-,10-6-,17-12+,18-13+. The maximum atomic E-state index is 13.4. The van der Waals surface area contributed by atoms with Crippen molar-refractivity contribution in [2.45, 2.75) is 31.4 Å². The molecule has 0 aromatic carbocycles. The van der Waals surface area contributed by atoms with Crippen LogP contribution in [0.25, 0.3) is 0 Å². The van der Waals surface area contributed by atoms with Crippen molar-refractivity contribution in [1.82, 2.24) is 5.32 Å². The lowest BCUT2D eigenvalue weighted by atomic mass is 9.89. The largest absolute Gasteiger partial charge is 0.315 e. The lowest BCUT2D eigenvalue weighted by Crippen LogP contribution is -2.52. The summed E-state index contributed by atoms with van der Waals surface area (Å²) < 4.78 is 25.8. The van der Waals surface area contributed by atoms with Crippen LogP contribution >= 0.6 is 0 Å². The minimum atomic E-state index is -3.59. The third-order valence-corrected chi connectivity index (χ3v) is 6.57. The summed E-state index contributed by atoms with van der Waals surface area (Å²) in [4.78, 5) is 0.243. The minimum Gasteiger partial charge on any atom is -0.315 e. The molecule has 0 aromatic rings. The maximum absolute atomic E-state index is 13.4. The Morgan fingerprint density at radius 3 is 2.22 bits per heavy atom. The fourth-order valence-electron chi connectivity index (χ4n) is 2.80. The van der Waals surface area contributed by atoms with E-state index in [1.165, 1.54) is 6.08 Å². The van der Waals surface area contributed by atoms with Crippen LogP contribution in [0.15, 0.2) is 72.2 Å². The van der Waals surface area contributed by atoms with E-state index in [4.69, 9.17) is 0 Å². The SMILES string of the molecule is C=C/C(=C\C=C/C)C1(S(=O)(=O)/C(C=C)=C/C=C\C)CCCNC1. The van der Waals surface area contributed by atoms with Gasteiger partial charge < -0.3 is 5.32 Å². The number of allylic oxidation sites excluding steroid dienone is 8. The first-order valence-corrected chi connectivity index (χ1v) is 9.35. The summed E-state index contributed by atoms with van der Waals surface area (Å²) in [5, 5.41) is 3.24. The molecule has 0 radical (unpaired) electrons. The van der Waals surface area contributed by atoms with E-state index >= 15 is 0 Å². The van der Waals surface area contributed by atoms with Crippen LogP contribution in [-0.2, 0) is 9.84 Å². The van der Waals surface area contributed by atoms with E-state index in [0.29, 0.717) is 13.0 Å². The highest BCUT2D eigenvalue weighted by Crippen LogP contribution is 2.38. The van der Waals surface area contributed by atoms with Crippen LogP contribution in [0.4, 0.5) is 0 Å². The molecule has 0 saturated carbocycles. The van der Waals surface area contributed by atoms with Crippen LogP contribution in [0.3, 0.4) is 0 Å². The van der Waals surface area contributed by atoms with Gasteiger partial charge in [0.25, 0.3) is 0 Å². The Kier molecular flexibility index (Phi) is 7.46. The Morgan fingerprint density at radius 2 is 1.74 bits per heavy atom. The zero-order valence-electron chi connectivity index (χ0n) is 14.1. The molecule has 1 unspecified atom stereocenters. The number of rotatable bonds is 7. The lowest BCUT2D eigenvalue weighted by Gasteiger charge is -2.38. The molecule has 1 rings (SSSR count). The number of piperidine rings is 1. The highest BCUT2D eigenvalue weighted by molar-refractivity contribution is 7.97. The van der Waals surface area contributed by atoms with Crippen LogP contribution in [0, 0.1) is 0 Å². The molecule has 0 aromatic heterocycles. The Hall–Kier alpha value is -1.65. The summed E-state index contributed by atoms with van der Waals surface area (Å²) in [6.07, 6.45) is 15.1. The zero-order valence-corrected chi connectivity index (χ0v) is 14.9. The summed E-state index contributed by atoms with van der Waals surface area (Å²) in [5.74, 6) is 0. The Labute approximate surface area is 140 Å². The topological polar surface area (TPSA) is 46.2 Å². The molecule has 1 saturated heterocycles. The first-order valence-electron chi connectivity index (χ1n) is 7.87. The molecule has 126 valence electrons. The van der Waals surface area contributed by atoms with Crippen LogP contribution in [0.5, 0.6) is 0 Å². The van der Waals surface area contributed by atoms with Gasteiger partial charge in [-0.15, -0.1) is 0 Å². The highest BCUT2D eigenvalue weighted by atomic mass is 32.2. The molecule has 0 bridgehead atoms. The monoisotopic (exact) mass is 333 g/mol. The predicted molar refractivity (Wildman–Crippen MR) is 99.9 cm³/mol. The molecule has 1 atom stereocenters. The number of sulfone groups is 1. The van der Waals surface area contributed by atoms with E-state index in [1.54, 1.807) is 24.3 Å². The van der Waals surface area contributed by atoms with Gasteiger partial charge in [-0.1, -0.05) is 55.7 Å². The molecule has 4 heteroatoms. The molecule has 3 nitrogen and oxygen atoms in total. The lowest BCUT2D eigenvalue weighted by molar-refractivity contribution is 0.433. The average Bonchev–Trinajstić information content (AvgIpc) is 2.56. The maximum Gasteiger partial charge on any atom is 0.189 e. The second-order valence-corrected chi connectivity index (χ2v) is 7.69. The van der Waals surface area contributed by atoms with Crippen LogP contribution in [0.1, 0.15) is 26.7 Å². The molecule has 1 fully saturated rings. The van der Waals surface area contributed by atoms with Crippen molar-refractivity contribution in [3.05, 3.63) is 72.2 Å². The molecule has 0 spiro atoms. The fourth-order valence-corrected chi connectivity index (χ4v) is 4.89. The summed E-state index contributed by atoms with van der Waals surface area (Å²) in [6.45, 7) is 12.5. The van der Waals surface area contributed by atoms with Crippen molar-refractivity contribution >= 4 is 9.84 Å². The van der Waals surface area contributed by atoms with Gasteiger partial charge in [-0.3, -0.25) is 0 Å². The number of hydrogen-bond donors (Lipinski definition) is 1. The molecule has 0 aliphatic carbocycles. The first-order chi connectivity index (χ1) is 11.0. The molecule has 1 N–H and O–H groups in total. The van der Waals surface area contributed by atoms with Gasteiger partial charge in [0.05, 0.1) is 4.91 Å². The Bertz CT molecular complexity index is 643. The second-order valence-electron chi connectivity index (χ2n) is 5.43. The van der Waals surface area contributed by atoms with Crippen molar-refractivity contribution in [3.8, 4) is 0 Å². The molecule has 1 aliphatic rings. The van der Waals surface area contributed by atoms with Crippen molar-refractivity contribution < 1.29 is 8.42 Å². The van der Waals surface area contributed by atoms with Crippen molar-refractivity contribution in [3.63, 3.8) is 0 Å². The zero-order chi connectivity index (χ0) is 17.3. The predicted octanol–water partition coefficient (Wildman–Crippen LogP) is 3.86. The first kappa shape index (κ1) is 19.4. The number of hydrogen-bond acceptors (Lipinski definition) is 3. The quantitative estimate of drug-likeness (QED) is 0.720. The van der Waals surface area contributed by atoms with Gasteiger partial charge in [0.15, 0.2) is 9.84 Å². The molecule has 0 amide bonds.